The van der Waals surface area contributed by atoms with Crippen LogP contribution in [0.3, 0.4) is 0 Å². The fourth-order valence-electron chi connectivity index (χ4n) is 9.05. The topological polar surface area (TPSA) is 71.1 Å². The van der Waals surface area contributed by atoms with Crippen molar-refractivity contribution >= 4 is 17.5 Å². The standard InChI is InChI=1S/C28H35N3O4/c1-16-9-11-31-15-26-14-27(25(4,5)19(26)13-28(16,31)23(33)30(26)6)17-7-8-18-21(20(17)29-22(27)32)34-12-10-24(2,3)35-18/h7-8,10,12,16,19H,9,11,13-15H2,1-6H3,(H,29,32)/t16-,19+,26-,27-,28-/m0/s1. The van der Waals surface area contributed by atoms with Crippen LogP contribution in [0.25, 0.3) is 0 Å². The molecule has 1 aromatic carbocycles. The molecule has 1 aliphatic carbocycles. The number of anilines is 1. The summed E-state index contributed by atoms with van der Waals surface area (Å²) in [4.78, 5) is 32.6. The Hall–Kier alpha value is -2.54. The lowest BCUT2D eigenvalue weighted by Gasteiger charge is -2.65. The van der Waals surface area contributed by atoms with E-state index in [9.17, 15) is 9.59 Å². The molecule has 1 aromatic rings. The predicted octanol–water partition coefficient (Wildman–Crippen LogP) is 3.68. The van der Waals surface area contributed by atoms with Crippen LogP contribution in [-0.4, -0.2) is 58.4 Å². The molecule has 0 aromatic heterocycles. The van der Waals surface area contributed by atoms with E-state index in [0.29, 0.717) is 29.5 Å². The summed E-state index contributed by atoms with van der Waals surface area (Å²) in [5, 5.41) is 3.22. The third-order valence-corrected chi connectivity index (χ3v) is 11.0. The Morgan fingerprint density at radius 2 is 1.91 bits per heavy atom. The Balaban J connectivity index is 1.41. The van der Waals surface area contributed by atoms with Crippen molar-refractivity contribution in [2.24, 2.45) is 17.3 Å². The molecule has 5 fully saturated rings. The maximum atomic E-state index is 14.1. The number of piperazine rings is 1. The lowest BCUT2D eigenvalue weighted by Crippen LogP contribution is -2.79. The van der Waals surface area contributed by atoms with Gasteiger partial charge in [-0.05, 0) is 74.6 Å². The molecule has 1 N–H and O–H groups in total. The van der Waals surface area contributed by atoms with Gasteiger partial charge in [0.2, 0.25) is 11.8 Å². The summed E-state index contributed by atoms with van der Waals surface area (Å²) >= 11 is 0. The van der Waals surface area contributed by atoms with Crippen LogP contribution in [0.5, 0.6) is 11.5 Å². The highest BCUT2D eigenvalue weighted by atomic mass is 16.5. The van der Waals surface area contributed by atoms with Crippen LogP contribution in [0.15, 0.2) is 24.5 Å². The third-order valence-electron chi connectivity index (χ3n) is 11.0. The van der Waals surface area contributed by atoms with Crippen LogP contribution in [0.2, 0.25) is 0 Å². The van der Waals surface area contributed by atoms with Gasteiger partial charge in [0.05, 0.1) is 22.9 Å². The van der Waals surface area contributed by atoms with E-state index < -0.39 is 16.6 Å². The Morgan fingerprint density at radius 1 is 1.14 bits per heavy atom. The zero-order chi connectivity index (χ0) is 24.8. The number of nitrogens with one attached hydrogen (secondary N) is 1. The van der Waals surface area contributed by atoms with Gasteiger partial charge in [0.1, 0.15) is 11.1 Å². The maximum Gasteiger partial charge on any atom is 0.243 e. The number of nitrogens with zero attached hydrogens (tertiary/aromatic N) is 2. The van der Waals surface area contributed by atoms with Gasteiger partial charge in [-0.15, -0.1) is 0 Å². The van der Waals surface area contributed by atoms with Crippen LogP contribution in [0.4, 0.5) is 5.69 Å². The molecule has 6 aliphatic heterocycles. The molecule has 6 heterocycles. The average Bonchev–Trinajstić information content (AvgIpc) is 3.29. The molecule has 5 atom stereocenters. The molecule has 7 heteroatoms. The van der Waals surface area contributed by atoms with Crippen LogP contribution in [0, 0.1) is 17.3 Å². The van der Waals surface area contributed by atoms with E-state index in [-0.39, 0.29) is 28.7 Å². The van der Waals surface area contributed by atoms with Crippen LogP contribution < -0.4 is 14.8 Å². The number of piperidine rings is 2. The smallest absolute Gasteiger partial charge is 0.243 e. The highest BCUT2D eigenvalue weighted by Gasteiger charge is 2.80. The molecule has 4 saturated heterocycles. The van der Waals surface area contributed by atoms with Crippen molar-refractivity contribution in [3.8, 4) is 11.5 Å². The summed E-state index contributed by atoms with van der Waals surface area (Å²) in [5.41, 5.74) is -0.714. The molecule has 7 nitrogen and oxygen atoms in total. The first kappa shape index (κ1) is 21.7. The lowest BCUT2D eigenvalue weighted by atomic mass is 9.56. The SMILES string of the molecule is C[C@H]1CCN2C[C@@]34C[C@]5(C(=O)Nc6c5ccc5c6OC=CC(C)(C)O5)C(C)(C)[C@H]3C[C@@]12C(=O)N4C. The first-order valence-corrected chi connectivity index (χ1v) is 13.0. The maximum absolute atomic E-state index is 14.1. The van der Waals surface area contributed by atoms with E-state index in [0.717, 1.165) is 31.5 Å². The second kappa shape index (κ2) is 6.05. The van der Waals surface area contributed by atoms with Gasteiger partial charge in [0.15, 0.2) is 11.5 Å². The number of carbonyl (C=O) groups excluding carboxylic acids is 2. The molecule has 8 rings (SSSR count). The summed E-state index contributed by atoms with van der Waals surface area (Å²) < 4.78 is 12.3. The molecule has 35 heavy (non-hydrogen) atoms. The Morgan fingerprint density at radius 3 is 2.69 bits per heavy atom. The number of hydrogen-bond acceptors (Lipinski definition) is 5. The molecular weight excluding hydrogens is 442 g/mol. The normalized spacial score (nSPS) is 41.6. The Kier molecular flexibility index (Phi) is 3.75. The van der Waals surface area contributed by atoms with Crippen molar-refractivity contribution in [1.29, 1.82) is 0 Å². The molecule has 1 saturated carbocycles. The summed E-state index contributed by atoms with van der Waals surface area (Å²) in [6.45, 7) is 12.5. The van der Waals surface area contributed by atoms with E-state index in [4.69, 9.17) is 9.47 Å². The highest BCUT2D eigenvalue weighted by molar-refractivity contribution is 6.09. The Labute approximate surface area is 206 Å². The summed E-state index contributed by atoms with van der Waals surface area (Å²) in [5.74, 6) is 2.01. The molecular formula is C28H35N3O4. The largest absolute Gasteiger partial charge is 0.480 e. The second-order valence-electron chi connectivity index (χ2n) is 13.0. The number of ether oxygens (including phenoxy) is 2. The molecule has 0 radical (unpaired) electrons. The summed E-state index contributed by atoms with van der Waals surface area (Å²) in [7, 11) is 1.99. The van der Waals surface area contributed by atoms with E-state index in [2.05, 4.69) is 42.0 Å². The molecule has 186 valence electrons. The number of amides is 2. The third kappa shape index (κ3) is 2.16. The first-order valence-electron chi connectivity index (χ1n) is 13.0. The molecule has 2 amide bonds. The number of likely N-dealkylation sites (N-methyl/N-ethyl adjacent to an activating group) is 1. The second-order valence-corrected chi connectivity index (χ2v) is 13.0. The molecule has 7 aliphatic rings. The number of rotatable bonds is 0. The van der Waals surface area contributed by atoms with Crippen LogP contribution in [0.1, 0.15) is 59.4 Å². The summed E-state index contributed by atoms with van der Waals surface area (Å²) in [6.07, 6.45) is 6.05. The van der Waals surface area contributed by atoms with Gasteiger partial charge in [0, 0.05) is 13.6 Å². The zero-order valence-corrected chi connectivity index (χ0v) is 21.5. The van der Waals surface area contributed by atoms with Gasteiger partial charge in [-0.3, -0.25) is 14.5 Å². The zero-order valence-electron chi connectivity index (χ0n) is 21.5. The minimum atomic E-state index is -0.750. The van der Waals surface area contributed by atoms with Crippen molar-refractivity contribution in [1.82, 2.24) is 9.80 Å². The van der Waals surface area contributed by atoms with Crippen LogP contribution in [-0.2, 0) is 15.0 Å². The minimum Gasteiger partial charge on any atom is -0.480 e. The number of benzene rings is 1. The van der Waals surface area contributed by atoms with E-state index in [1.807, 2.05) is 33.0 Å². The Bertz CT molecular complexity index is 1240. The average molecular weight is 478 g/mol. The number of carbonyl (C=O) groups is 2. The fourth-order valence-corrected chi connectivity index (χ4v) is 9.05. The highest BCUT2D eigenvalue weighted by Crippen LogP contribution is 2.72. The van der Waals surface area contributed by atoms with Crippen molar-refractivity contribution in [3.05, 3.63) is 30.0 Å². The van der Waals surface area contributed by atoms with Gasteiger partial charge in [-0.1, -0.05) is 26.8 Å². The minimum absolute atomic E-state index is 0.0146. The van der Waals surface area contributed by atoms with Gasteiger partial charge in [-0.2, -0.15) is 0 Å². The van der Waals surface area contributed by atoms with Crippen molar-refractivity contribution in [2.75, 3.05) is 25.5 Å². The van der Waals surface area contributed by atoms with E-state index in [1.54, 1.807) is 6.26 Å². The number of fused-ring (bicyclic) bond motifs is 5. The van der Waals surface area contributed by atoms with Gasteiger partial charge >= 0.3 is 0 Å². The monoisotopic (exact) mass is 477 g/mol. The van der Waals surface area contributed by atoms with Crippen molar-refractivity contribution < 1.29 is 19.1 Å². The van der Waals surface area contributed by atoms with Crippen molar-refractivity contribution in [2.45, 2.75) is 76.0 Å². The molecule has 2 bridgehead atoms. The van der Waals surface area contributed by atoms with Gasteiger partial charge in [0.25, 0.3) is 0 Å². The fraction of sp³-hybridized carbons (Fsp3) is 0.643. The molecule has 0 unspecified atom stereocenters. The van der Waals surface area contributed by atoms with Crippen LogP contribution >= 0.6 is 0 Å². The van der Waals surface area contributed by atoms with E-state index in [1.165, 1.54) is 0 Å². The quantitative estimate of drug-likeness (QED) is 0.617. The summed E-state index contributed by atoms with van der Waals surface area (Å²) in [6, 6.07) is 4.01. The number of hydrogen-bond donors (Lipinski definition) is 1. The first-order chi connectivity index (χ1) is 16.4. The molecule has 3 spiro atoms. The van der Waals surface area contributed by atoms with Gasteiger partial charge < -0.3 is 19.7 Å². The van der Waals surface area contributed by atoms with E-state index >= 15 is 0 Å². The predicted molar refractivity (Wildman–Crippen MR) is 131 cm³/mol. The van der Waals surface area contributed by atoms with Gasteiger partial charge in [-0.25, -0.2) is 0 Å². The lowest BCUT2D eigenvalue weighted by molar-refractivity contribution is -0.189. The van der Waals surface area contributed by atoms with Crippen molar-refractivity contribution in [3.63, 3.8) is 0 Å².